The molecule has 0 radical (unpaired) electrons. The lowest BCUT2D eigenvalue weighted by Gasteiger charge is -2.15. The second-order valence-corrected chi connectivity index (χ2v) is 7.36. The van der Waals surface area contributed by atoms with Gasteiger partial charge in [-0.05, 0) is 36.1 Å². The van der Waals surface area contributed by atoms with Crippen molar-refractivity contribution >= 4 is 27.5 Å². The first-order chi connectivity index (χ1) is 11.6. The molecule has 1 aliphatic rings. The van der Waals surface area contributed by atoms with Crippen molar-refractivity contribution in [3.05, 3.63) is 64.9 Å². The number of thiazole rings is 1. The standard InChI is InChI=1S/C19H17FN2OS/c1-22(11-18-21-16-8-4-5-9-17(16)24-18)19(23)14-10-13(14)12-6-2-3-7-15(12)20/h2-9,13-14H,10-11H2,1H3. The van der Waals surface area contributed by atoms with Gasteiger partial charge in [0, 0.05) is 13.0 Å². The van der Waals surface area contributed by atoms with Gasteiger partial charge in [0.1, 0.15) is 10.8 Å². The molecule has 4 rings (SSSR count). The highest BCUT2D eigenvalue weighted by Crippen LogP contribution is 2.49. The van der Waals surface area contributed by atoms with Gasteiger partial charge in [0.15, 0.2) is 0 Å². The fourth-order valence-electron chi connectivity index (χ4n) is 3.14. The van der Waals surface area contributed by atoms with Crippen LogP contribution in [0.5, 0.6) is 0 Å². The summed E-state index contributed by atoms with van der Waals surface area (Å²) >= 11 is 1.61. The second-order valence-electron chi connectivity index (χ2n) is 6.24. The minimum Gasteiger partial charge on any atom is -0.339 e. The molecule has 1 saturated carbocycles. The highest BCUT2D eigenvalue weighted by Gasteiger charge is 2.46. The Hall–Kier alpha value is -2.27. The summed E-state index contributed by atoms with van der Waals surface area (Å²) in [4.78, 5) is 18.9. The highest BCUT2D eigenvalue weighted by molar-refractivity contribution is 7.18. The smallest absolute Gasteiger partial charge is 0.226 e. The summed E-state index contributed by atoms with van der Waals surface area (Å²) in [5.74, 6) is -0.244. The van der Waals surface area contributed by atoms with Crippen LogP contribution in [0.15, 0.2) is 48.5 Å². The van der Waals surface area contributed by atoms with Crippen LogP contribution in [0.2, 0.25) is 0 Å². The summed E-state index contributed by atoms with van der Waals surface area (Å²) in [6.07, 6.45) is 0.726. The number of amides is 1. The van der Waals surface area contributed by atoms with Crippen LogP contribution in [0.4, 0.5) is 4.39 Å². The normalized spacial score (nSPS) is 19.4. The molecule has 1 amide bonds. The minimum absolute atomic E-state index is 0.0107. The fourth-order valence-corrected chi connectivity index (χ4v) is 4.16. The Morgan fingerprint density at radius 1 is 1.25 bits per heavy atom. The number of aromatic nitrogens is 1. The van der Waals surface area contributed by atoms with E-state index in [1.165, 1.54) is 6.07 Å². The van der Waals surface area contributed by atoms with Gasteiger partial charge in [-0.25, -0.2) is 9.37 Å². The van der Waals surface area contributed by atoms with Crippen molar-refractivity contribution in [2.75, 3.05) is 7.05 Å². The number of para-hydroxylation sites is 1. The Morgan fingerprint density at radius 2 is 2.00 bits per heavy atom. The lowest BCUT2D eigenvalue weighted by Crippen LogP contribution is -2.28. The van der Waals surface area contributed by atoms with E-state index in [2.05, 4.69) is 4.98 Å². The molecule has 3 aromatic rings. The van der Waals surface area contributed by atoms with E-state index in [4.69, 9.17) is 0 Å². The summed E-state index contributed by atoms with van der Waals surface area (Å²) in [7, 11) is 1.80. The molecule has 122 valence electrons. The van der Waals surface area contributed by atoms with Crippen LogP contribution in [0, 0.1) is 11.7 Å². The van der Waals surface area contributed by atoms with E-state index in [1.807, 2.05) is 30.3 Å². The highest BCUT2D eigenvalue weighted by atomic mass is 32.1. The number of carbonyl (C=O) groups is 1. The van der Waals surface area contributed by atoms with Gasteiger partial charge in [-0.1, -0.05) is 30.3 Å². The molecule has 1 fully saturated rings. The molecule has 1 aliphatic carbocycles. The van der Waals surface area contributed by atoms with Gasteiger partial charge in [-0.3, -0.25) is 4.79 Å². The fraction of sp³-hybridized carbons (Fsp3) is 0.263. The molecule has 1 heterocycles. The molecule has 0 spiro atoms. The van der Waals surface area contributed by atoms with Crippen molar-refractivity contribution in [2.45, 2.75) is 18.9 Å². The Labute approximate surface area is 143 Å². The van der Waals surface area contributed by atoms with Crippen molar-refractivity contribution in [2.24, 2.45) is 5.92 Å². The maximum absolute atomic E-state index is 13.9. The number of hydrogen-bond donors (Lipinski definition) is 0. The molecule has 3 nitrogen and oxygen atoms in total. The van der Waals surface area contributed by atoms with E-state index in [9.17, 15) is 9.18 Å². The summed E-state index contributed by atoms with van der Waals surface area (Å²) in [5, 5.41) is 0.926. The van der Waals surface area contributed by atoms with Gasteiger partial charge < -0.3 is 4.90 Å². The zero-order chi connectivity index (χ0) is 16.7. The van der Waals surface area contributed by atoms with Crippen molar-refractivity contribution in [1.29, 1.82) is 0 Å². The van der Waals surface area contributed by atoms with Crippen molar-refractivity contribution in [1.82, 2.24) is 9.88 Å². The third-order valence-corrected chi connectivity index (χ3v) is 5.52. The number of halogens is 1. The lowest BCUT2D eigenvalue weighted by molar-refractivity contribution is -0.131. The minimum atomic E-state index is -0.216. The maximum atomic E-state index is 13.9. The average molecular weight is 340 g/mol. The number of hydrogen-bond acceptors (Lipinski definition) is 3. The number of nitrogens with zero attached hydrogens (tertiary/aromatic N) is 2. The summed E-state index contributed by atoms with van der Waals surface area (Å²) in [6, 6.07) is 14.7. The first kappa shape index (κ1) is 15.3. The van der Waals surface area contributed by atoms with E-state index in [1.54, 1.807) is 35.4 Å². The van der Waals surface area contributed by atoms with Gasteiger partial charge in [0.05, 0.1) is 16.8 Å². The first-order valence-electron chi connectivity index (χ1n) is 7.97. The number of carbonyl (C=O) groups excluding carboxylic acids is 1. The maximum Gasteiger partial charge on any atom is 0.226 e. The van der Waals surface area contributed by atoms with E-state index in [-0.39, 0.29) is 23.6 Å². The molecule has 24 heavy (non-hydrogen) atoms. The van der Waals surface area contributed by atoms with Gasteiger partial charge in [0.25, 0.3) is 0 Å². The van der Waals surface area contributed by atoms with Crippen molar-refractivity contribution in [3.8, 4) is 0 Å². The van der Waals surface area contributed by atoms with Crippen LogP contribution < -0.4 is 0 Å². The van der Waals surface area contributed by atoms with Gasteiger partial charge in [-0.15, -0.1) is 11.3 Å². The van der Waals surface area contributed by atoms with Crippen LogP contribution in [0.1, 0.15) is 22.9 Å². The van der Waals surface area contributed by atoms with Crippen LogP contribution in [0.25, 0.3) is 10.2 Å². The number of fused-ring (bicyclic) bond motifs is 1. The van der Waals surface area contributed by atoms with Crippen LogP contribution in [-0.4, -0.2) is 22.8 Å². The Morgan fingerprint density at radius 3 is 2.79 bits per heavy atom. The molecule has 1 aromatic heterocycles. The molecule has 2 aromatic carbocycles. The molecule has 2 unspecified atom stereocenters. The summed E-state index contributed by atoms with van der Waals surface area (Å²) in [6.45, 7) is 0.499. The quantitative estimate of drug-likeness (QED) is 0.713. The van der Waals surface area contributed by atoms with Crippen molar-refractivity contribution < 1.29 is 9.18 Å². The van der Waals surface area contributed by atoms with Crippen LogP contribution in [-0.2, 0) is 11.3 Å². The molecule has 2 atom stereocenters. The topological polar surface area (TPSA) is 33.2 Å². The predicted octanol–water partition coefficient (Wildman–Crippen LogP) is 4.20. The van der Waals surface area contributed by atoms with Crippen LogP contribution in [0.3, 0.4) is 0 Å². The number of rotatable bonds is 4. The summed E-state index contributed by atoms with van der Waals surface area (Å²) < 4.78 is 15.0. The molecule has 5 heteroatoms. The third-order valence-electron chi connectivity index (χ3n) is 4.50. The van der Waals surface area contributed by atoms with Gasteiger partial charge in [-0.2, -0.15) is 0 Å². The molecule has 0 saturated heterocycles. The molecular formula is C19H17FN2OS. The Bertz CT molecular complexity index is 874. The van der Waals surface area contributed by atoms with E-state index >= 15 is 0 Å². The monoisotopic (exact) mass is 340 g/mol. The lowest BCUT2D eigenvalue weighted by atomic mass is 10.1. The van der Waals surface area contributed by atoms with Gasteiger partial charge >= 0.3 is 0 Å². The third kappa shape index (κ3) is 2.80. The zero-order valence-electron chi connectivity index (χ0n) is 13.3. The molecular weight excluding hydrogens is 323 g/mol. The summed E-state index contributed by atoms with van der Waals surface area (Å²) in [5.41, 5.74) is 1.62. The average Bonchev–Trinajstić information content (AvgIpc) is 3.26. The number of benzene rings is 2. The first-order valence-corrected chi connectivity index (χ1v) is 8.79. The van der Waals surface area contributed by atoms with E-state index < -0.39 is 0 Å². The SMILES string of the molecule is CN(Cc1nc2ccccc2s1)C(=O)C1CC1c1ccccc1F. The Balaban J connectivity index is 1.44. The van der Waals surface area contributed by atoms with Crippen LogP contribution >= 0.6 is 11.3 Å². The molecule has 0 aliphatic heterocycles. The largest absolute Gasteiger partial charge is 0.339 e. The van der Waals surface area contributed by atoms with E-state index in [0.717, 1.165) is 21.6 Å². The van der Waals surface area contributed by atoms with Gasteiger partial charge in [0.2, 0.25) is 5.91 Å². The molecule has 0 bridgehead atoms. The second kappa shape index (κ2) is 5.98. The van der Waals surface area contributed by atoms with E-state index in [0.29, 0.717) is 12.1 Å². The van der Waals surface area contributed by atoms with Crippen molar-refractivity contribution in [3.63, 3.8) is 0 Å². The predicted molar refractivity (Wildman–Crippen MR) is 93.3 cm³/mol. The Kier molecular flexibility index (Phi) is 3.81. The zero-order valence-corrected chi connectivity index (χ0v) is 14.1. The molecule has 0 N–H and O–H groups in total.